The van der Waals surface area contributed by atoms with Gasteiger partial charge in [-0.2, -0.15) is 15.9 Å². The summed E-state index contributed by atoms with van der Waals surface area (Å²) >= 11 is 0. The van der Waals surface area contributed by atoms with Crippen molar-refractivity contribution in [3.8, 4) is 5.88 Å². The van der Waals surface area contributed by atoms with Crippen LogP contribution in [0.15, 0.2) is 34.2 Å². The molecule has 5 heterocycles. The average Bonchev–Trinajstić information content (AvgIpc) is 3.14. The highest BCUT2D eigenvalue weighted by molar-refractivity contribution is 8.22. The van der Waals surface area contributed by atoms with Gasteiger partial charge in [-0.3, -0.25) is 4.79 Å². The van der Waals surface area contributed by atoms with Crippen LogP contribution in [-0.2, 0) is 16.0 Å². The van der Waals surface area contributed by atoms with Gasteiger partial charge in [0.2, 0.25) is 5.88 Å². The summed E-state index contributed by atoms with van der Waals surface area (Å²) in [4.78, 5) is 38.7. The van der Waals surface area contributed by atoms with Crippen LogP contribution >= 0.6 is 10.9 Å². The van der Waals surface area contributed by atoms with Crippen LogP contribution in [0.4, 0.5) is 10.6 Å². The number of ether oxygens (including phenoxy) is 2. The summed E-state index contributed by atoms with van der Waals surface area (Å²) in [7, 11) is -1.15. The molecule has 3 aliphatic rings. The Bertz CT molecular complexity index is 1280. The molecule has 0 radical (unpaired) electrons. The maximum Gasteiger partial charge on any atom is 0.410 e. The summed E-state index contributed by atoms with van der Waals surface area (Å²) < 4.78 is 11.6. The summed E-state index contributed by atoms with van der Waals surface area (Å²) in [6.45, 7) is 10.4. The van der Waals surface area contributed by atoms with E-state index in [9.17, 15) is 9.59 Å². The van der Waals surface area contributed by atoms with Crippen molar-refractivity contribution in [1.29, 1.82) is 0 Å². The Labute approximate surface area is 219 Å². The fourth-order valence-corrected chi connectivity index (χ4v) is 7.78. The molecule has 1 saturated heterocycles. The normalized spacial score (nSPS) is 22.3. The zero-order chi connectivity index (χ0) is 26.5. The largest absolute Gasteiger partial charge is 0.476 e. The molecule has 2 amide bonds. The number of piperazine rings is 1. The van der Waals surface area contributed by atoms with Gasteiger partial charge < -0.3 is 30.7 Å². The van der Waals surface area contributed by atoms with Crippen LogP contribution in [0, 0.1) is 6.92 Å². The molecule has 37 heavy (non-hydrogen) atoms. The number of thiol groups is 1. The summed E-state index contributed by atoms with van der Waals surface area (Å²) in [5, 5.41) is 0.870. The molecule has 2 atom stereocenters. The van der Waals surface area contributed by atoms with Crippen molar-refractivity contribution >= 4 is 34.4 Å². The fraction of sp³-hybridized carbons (Fsp3) is 0.462. The summed E-state index contributed by atoms with van der Waals surface area (Å²) in [5.74, 6) is 0.925. The standard InChI is InChI=1S/C26H34N6O4S/c1-15-5-7-18-20(27)21(22(28)33)37(24(18)29-15)17-13-16-6-8-19(30-23(16)35-14-17)31-9-11-32(12-10-31)25(34)36-26(2,3)4/h5-8,17,37H,9-14,27H2,1-4H3,(H2,28,33)/t17-/m1/s1. The Kier molecular flexibility index (Phi) is 6.43. The molecule has 1 fully saturated rings. The first-order chi connectivity index (χ1) is 17.5. The van der Waals surface area contributed by atoms with Crippen molar-refractivity contribution < 1.29 is 19.1 Å². The molecule has 1 unspecified atom stereocenters. The number of hydrogen-bond acceptors (Lipinski definition) is 8. The molecule has 3 aliphatic heterocycles. The number of nitrogens with two attached hydrogens (primary N) is 2. The predicted octanol–water partition coefficient (Wildman–Crippen LogP) is 2.33. The second-order valence-corrected chi connectivity index (χ2v) is 12.9. The first-order valence-electron chi connectivity index (χ1n) is 12.4. The van der Waals surface area contributed by atoms with Crippen LogP contribution < -0.4 is 21.1 Å². The summed E-state index contributed by atoms with van der Waals surface area (Å²) in [5.41, 5.74) is 14.7. The van der Waals surface area contributed by atoms with Crippen molar-refractivity contribution in [2.75, 3.05) is 37.7 Å². The number of fused-ring (bicyclic) bond motifs is 2. The highest BCUT2D eigenvalue weighted by Crippen LogP contribution is 2.57. The minimum absolute atomic E-state index is 0.0177. The lowest BCUT2D eigenvalue weighted by molar-refractivity contribution is -0.113. The highest BCUT2D eigenvalue weighted by Gasteiger charge is 2.39. The van der Waals surface area contributed by atoms with Gasteiger partial charge in [0, 0.05) is 48.2 Å². The molecular weight excluding hydrogens is 492 g/mol. The van der Waals surface area contributed by atoms with E-state index in [1.54, 1.807) is 4.90 Å². The smallest absolute Gasteiger partial charge is 0.410 e. The Balaban J connectivity index is 1.30. The molecule has 2 aromatic rings. The van der Waals surface area contributed by atoms with Gasteiger partial charge in [0.25, 0.3) is 5.91 Å². The van der Waals surface area contributed by atoms with Gasteiger partial charge in [0.05, 0.1) is 15.6 Å². The van der Waals surface area contributed by atoms with Crippen LogP contribution in [0.25, 0.3) is 5.70 Å². The zero-order valence-electron chi connectivity index (χ0n) is 21.7. The van der Waals surface area contributed by atoms with Crippen LogP contribution in [-0.4, -0.2) is 70.5 Å². The maximum atomic E-state index is 12.4. The van der Waals surface area contributed by atoms with E-state index in [0.29, 0.717) is 55.7 Å². The molecule has 0 spiro atoms. The molecule has 5 rings (SSSR count). The van der Waals surface area contributed by atoms with Gasteiger partial charge in [-0.25, -0.2) is 9.78 Å². The third kappa shape index (κ3) is 4.92. The van der Waals surface area contributed by atoms with Crippen molar-refractivity contribution in [2.45, 2.75) is 50.0 Å². The van der Waals surface area contributed by atoms with Crippen molar-refractivity contribution in [3.05, 3.63) is 46.0 Å². The van der Waals surface area contributed by atoms with Crippen LogP contribution in [0.5, 0.6) is 5.88 Å². The minimum atomic E-state index is -1.15. The maximum absolute atomic E-state index is 12.4. The Morgan fingerprint density at radius 3 is 2.51 bits per heavy atom. The number of aryl methyl sites for hydroxylation is 1. The number of pyridine rings is 2. The molecule has 0 saturated carbocycles. The number of hydrogen-bond donors (Lipinski definition) is 3. The zero-order valence-corrected chi connectivity index (χ0v) is 22.5. The number of primary amides is 1. The molecular formula is C26H34N6O4S. The lowest BCUT2D eigenvalue weighted by Gasteiger charge is -2.37. The van der Waals surface area contributed by atoms with Crippen molar-refractivity contribution in [1.82, 2.24) is 14.9 Å². The Morgan fingerprint density at radius 1 is 1.11 bits per heavy atom. The van der Waals surface area contributed by atoms with Gasteiger partial charge >= 0.3 is 6.09 Å². The highest BCUT2D eigenvalue weighted by atomic mass is 32.2. The number of nitrogens with zero attached hydrogens (tertiary/aromatic N) is 4. The van der Waals surface area contributed by atoms with E-state index in [0.717, 1.165) is 27.7 Å². The molecule has 11 heteroatoms. The van der Waals surface area contributed by atoms with E-state index < -0.39 is 22.4 Å². The molecule has 0 aromatic carbocycles. The molecule has 198 valence electrons. The Morgan fingerprint density at radius 2 is 1.84 bits per heavy atom. The summed E-state index contributed by atoms with van der Waals surface area (Å²) in [6, 6.07) is 7.85. The average molecular weight is 527 g/mol. The molecule has 4 N–H and O–H groups in total. The quantitative estimate of drug-likeness (QED) is 0.519. The predicted molar refractivity (Wildman–Crippen MR) is 144 cm³/mol. The van der Waals surface area contributed by atoms with Gasteiger partial charge in [0.15, 0.2) is 0 Å². The number of rotatable bonds is 3. The third-order valence-electron chi connectivity index (χ3n) is 6.68. The number of anilines is 1. The number of carbonyl (C=O) groups excluding carboxylic acids is 2. The third-order valence-corrected chi connectivity index (χ3v) is 9.48. The minimum Gasteiger partial charge on any atom is -0.476 e. The fourth-order valence-electron chi connectivity index (χ4n) is 4.92. The van der Waals surface area contributed by atoms with Gasteiger partial charge in [-0.05, 0) is 58.4 Å². The van der Waals surface area contributed by atoms with Crippen molar-refractivity contribution in [3.63, 3.8) is 0 Å². The Hall–Kier alpha value is -3.47. The molecule has 0 bridgehead atoms. The van der Waals surface area contributed by atoms with Crippen LogP contribution in [0.3, 0.4) is 0 Å². The van der Waals surface area contributed by atoms with Gasteiger partial charge in [-0.1, -0.05) is 0 Å². The molecule has 0 aliphatic carbocycles. The van der Waals surface area contributed by atoms with Gasteiger partial charge in [0.1, 0.15) is 18.0 Å². The second kappa shape index (κ2) is 9.44. The van der Waals surface area contributed by atoms with Gasteiger partial charge in [-0.15, -0.1) is 0 Å². The number of aromatic nitrogens is 2. The van der Waals surface area contributed by atoms with E-state index in [4.69, 9.17) is 30.9 Å². The lowest BCUT2D eigenvalue weighted by Crippen LogP contribution is -2.50. The van der Waals surface area contributed by atoms with Crippen LogP contribution in [0.1, 0.15) is 37.6 Å². The summed E-state index contributed by atoms with van der Waals surface area (Å²) in [6.07, 6.45) is 0.407. The molecule has 2 aromatic heterocycles. The topological polar surface area (TPSA) is 137 Å². The molecule has 10 nitrogen and oxygen atoms in total. The van der Waals surface area contributed by atoms with E-state index in [1.807, 2.05) is 52.0 Å². The van der Waals surface area contributed by atoms with Crippen molar-refractivity contribution in [2.24, 2.45) is 11.5 Å². The van der Waals surface area contributed by atoms with E-state index in [1.165, 1.54) is 0 Å². The second-order valence-electron chi connectivity index (χ2n) is 10.6. The van der Waals surface area contributed by atoms with E-state index in [-0.39, 0.29) is 11.3 Å². The first-order valence-corrected chi connectivity index (χ1v) is 13.9. The van der Waals surface area contributed by atoms with E-state index >= 15 is 0 Å². The van der Waals surface area contributed by atoms with Crippen LogP contribution in [0.2, 0.25) is 0 Å². The number of carbonyl (C=O) groups is 2. The lowest BCUT2D eigenvalue weighted by atomic mass is 10.1. The number of amides is 2. The van der Waals surface area contributed by atoms with E-state index in [2.05, 4.69) is 4.90 Å². The first kappa shape index (κ1) is 25.2. The monoisotopic (exact) mass is 526 g/mol. The SMILES string of the molecule is Cc1ccc2c(n1)[SH]([C@H]1COc3nc(N4CCN(C(=O)OC(C)(C)C)CC4)ccc3C1)C(C(N)=O)=C2N.